The highest BCUT2D eigenvalue weighted by molar-refractivity contribution is 5.96. The second-order valence-corrected chi connectivity index (χ2v) is 7.10. The maximum Gasteiger partial charge on any atom is 0.229 e. The van der Waals surface area contributed by atoms with Crippen molar-refractivity contribution in [2.45, 2.75) is 19.3 Å². The van der Waals surface area contributed by atoms with Gasteiger partial charge in [-0.2, -0.15) is 0 Å². The van der Waals surface area contributed by atoms with E-state index in [4.69, 9.17) is 0 Å². The summed E-state index contributed by atoms with van der Waals surface area (Å²) in [5.41, 5.74) is 4.49. The van der Waals surface area contributed by atoms with Crippen LogP contribution in [-0.2, 0) is 22.4 Å². The van der Waals surface area contributed by atoms with E-state index < -0.39 is 0 Å². The lowest BCUT2D eigenvalue weighted by atomic mass is 10.1. The topological polar surface area (TPSA) is 89.8 Å². The molecule has 2 heterocycles. The van der Waals surface area contributed by atoms with Gasteiger partial charge in [-0.15, -0.1) is 0 Å². The summed E-state index contributed by atoms with van der Waals surface area (Å²) in [6.07, 6.45) is 5.22. The van der Waals surface area contributed by atoms with Gasteiger partial charge in [0.05, 0.1) is 0 Å². The molecule has 0 saturated heterocycles. The summed E-state index contributed by atoms with van der Waals surface area (Å²) in [7, 11) is 0. The first kappa shape index (κ1) is 18.8. The number of carbonyl (C=O) groups excluding carboxylic acids is 2. The Balaban J connectivity index is 1.18. The predicted molar refractivity (Wildman–Crippen MR) is 115 cm³/mol. The zero-order chi connectivity index (χ0) is 20.1. The van der Waals surface area contributed by atoms with Gasteiger partial charge in [-0.05, 0) is 36.1 Å². The fourth-order valence-corrected chi connectivity index (χ4v) is 3.62. The van der Waals surface area contributed by atoms with Gasteiger partial charge in [0.15, 0.2) is 0 Å². The molecule has 148 valence electrons. The summed E-state index contributed by atoms with van der Waals surface area (Å²) in [6.45, 7) is 1.01. The Morgan fingerprint density at radius 2 is 1.14 bits per heavy atom. The first-order valence-electron chi connectivity index (χ1n) is 9.84. The molecule has 4 aromatic rings. The smallest absolute Gasteiger partial charge is 0.229 e. The monoisotopic (exact) mass is 388 g/mol. The number of benzene rings is 2. The van der Waals surface area contributed by atoms with Gasteiger partial charge in [0.25, 0.3) is 0 Å². The van der Waals surface area contributed by atoms with Crippen molar-refractivity contribution in [1.29, 1.82) is 0 Å². The molecular weight excluding hydrogens is 364 g/mol. The maximum atomic E-state index is 12.0. The second-order valence-electron chi connectivity index (χ2n) is 7.10. The quantitative estimate of drug-likeness (QED) is 0.350. The van der Waals surface area contributed by atoms with Crippen LogP contribution < -0.4 is 10.6 Å². The molecule has 2 aromatic carbocycles. The van der Waals surface area contributed by atoms with Crippen LogP contribution >= 0.6 is 0 Å². The van der Waals surface area contributed by atoms with Gasteiger partial charge in [-0.3, -0.25) is 9.59 Å². The van der Waals surface area contributed by atoms with Crippen molar-refractivity contribution in [2.75, 3.05) is 13.1 Å². The van der Waals surface area contributed by atoms with Crippen molar-refractivity contribution in [2.24, 2.45) is 0 Å². The molecule has 2 amide bonds. The molecule has 0 fully saturated rings. The molecule has 0 bridgehead atoms. The third kappa shape index (κ3) is 4.48. The lowest BCUT2D eigenvalue weighted by Gasteiger charge is -2.06. The van der Waals surface area contributed by atoms with Crippen LogP contribution in [-0.4, -0.2) is 34.9 Å². The minimum atomic E-state index is -0.255. The first-order valence-corrected chi connectivity index (χ1v) is 9.84. The van der Waals surface area contributed by atoms with Gasteiger partial charge < -0.3 is 20.6 Å². The summed E-state index contributed by atoms with van der Waals surface area (Å²) in [5.74, 6) is -0.510. The summed E-state index contributed by atoms with van der Waals surface area (Å²) >= 11 is 0. The second kappa shape index (κ2) is 8.65. The fraction of sp³-hybridized carbons (Fsp3) is 0.217. The van der Waals surface area contributed by atoms with E-state index in [1.807, 2.05) is 48.8 Å². The Kier molecular flexibility index (Phi) is 5.61. The van der Waals surface area contributed by atoms with Crippen LogP contribution in [0.25, 0.3) is 21.8 Å². The van der Waals surface area contributed by atoms with Crippen molar-refractivity contribution < 1.29 is 9.59 Å². The molecule has 0 unspecified atom stereocenters. The Labute approximate surface area is 168 Å². The van der Waals surface area contributed by atoms with Crippen LogP contribution in [0.2, 0.25) is 0 Å². The van der Waals surface area contributed by atoms with Crippen LogP contribution in [0.1, 0.15) is 17.5 Å². The molecule has 0 aliphatic rings. The van der Waals surface area contributed by atoms with E-state index in [0.717, 1.165) is 45.8 Å². The molecule has 6 nitrogen and oxygen atoms in total. The number of fused-ring (bicyclic) bond motifs is 2. The number of aromatic amines is 2. The SMILES string of the molecule is O=C(CC(=O)NCCc1c[nH]c2ccccc12)NCCc1c[nH]c2ccccc12. The highest BCUT2D eigenvalue weighted by Gasteiger charge is 2.10. The van der Waals surface area contributed by atoms with E-state index in [-0.39, 0.29) is 18.2 Å². The predicted octanol–water partition coefficient (Wildman–Crippen LogP) is 3.06. The lowest BCUT2D eigenvalue weighted by Crippen LogP contribution is -2.33. The molecule has 6 heteroatoms. The van der Waals surface area contributed by atoms with Gasteiger partial charge in [0.2, 0.25) is 11.8 Å². The van der Waals surface area contributed by atoms with E-state index in [1.165, 1.54) is 0 Å². The molecule has 0 aliphatic heterocycles. The Bertz CT molecular complexity index is 1050. The number of hydrogen-bond donors (Lipinski definition) is 4. The molecule has 29 heavy (non-hydrogen) atoms. The number of H-pyrrole nitrogens is 2. The van der Waals surface area contributed by atoms with Gasteiger partial charge in [-0.25, -0.2) is 0 Å². The van der Waals surface area contributed by atoms with E-state index in [0.29, 0.717) is 13.1 Å². The summed E-state index contributed by atoms with van der Waals surface area (Å²) in [6, 6.07) is 16.1. The van der Waals surface area contributed by atoms with E-state index in [9.17, 15) is 9.59 Å². The number of nitrogens with one attached hydrogen (secondary N) is 4. The number of hydrogen-bond acceptors (Lipinski definition) is 2. The molecule has 0 radical (unpaired) electrons. The number of aromatic nitrogens is 2. The summed E-state index contributed by atoms with van der Waals surface area (Å²) in [4.78, 5) is 30.5. The Morgan fingerprint density at radius 3 is 1.62 bits per heavy atom. The molecular formula is C23H24N4O2. The average molecular weight is 388 g/mol. The first-order chi connectivity index (χ1) is 14.2. The van der Waals surface area contributed by atoms with E-state index in [2.05, 4.69) is 32.7 Å². The molecule has 0 spiro atoms. The molecule has 0 atom stereocenters. The number of carbonyl (C=O) groups is 2. The zero-order valence-corrected chi connectivity index (χ0v) is 16.1. The third-order valence-electron chi connectivity index (χ3n) is 5.10. The zero-order valence-electron chi connectivity index (χ0n) is 16.1. The third-order valence-corrected chi connectivity index (χ3v) is 5.10. The molecule has 0 aliphatic carbocycles. The summed E-state index contributed by atoms with van der Waals surface area (Å²) < 4.78 is 0. The number of amides is 2. The number of rotatable bonds is 8. The van der Waals surface area contributed by atoms with Gasteiger partial charge >= 0.3 is 0 Å². The van der Waals surface area contributed by atoms with Gasteiger partial charge in [0, 0.05) is 47.3 Å². The normalized spacial score (nSPS) is 11.0. The van der Waals surface area contributed by atoms with Crippen LogP contribution in [0.15, 0.2) is 60.9 Å². The van der Waals surface area contributed by atoms with Crippen LogP contribution in [0.4, 0.5) is 0 Å². The maximum absolute atomic E-state index is 12.0. The fourth-order valence-electron chi connectivity index (χ4n) is 3.62. The van der Waals surface area contributed by atoms with Crippen molar-refractivity contribution in [3.05, 3.63) is 72.1 Å². The minimum Gasteiger partial charge on any atom is -0.361 e. The Hall–Kier alpha value is -3.54. The van der Waals surface area contributed by atoms with Gasteiger partial charge in [0.1, 0.15) is 6.42 Å². The highest BCUT2D eigenvalue weighted by Crippen LogP contribution is 2.18. The average Bonchev–Trinajstić information content (AvgIpc) is 3.33. The lowest BCUT2D eigenvalue weighted by molar-refractivity contribution is -0.129. The van der Waals surface area contributed by atoms with Crippen LogP contribution in [0.5, 0.6) is 0 Å². The van der Waals surface area contributed by atoms with Crippen molar-refractivity contribution in [3.63, 3.8) is 0 Å². The van der Waals surface area contributed by atoms with E-state index in [1.54, 1.807) is 0 Å². The number of para-hydroxylation sites is 2. The molecule has 4 N–H and O–H groups in total. The standard InChI is InChI=1S/C23H24N4O2/c28-22(24-11-9-16-14-26-20-7-3-1-5-18(16)20)13-23(29)25-12-10-17-15-27-21-8-4-2-6-19(17)21/h1-8,14-15,26-27H,9-13H2,(H,24,28)(H,25,29). The minimum absolute atomic E-state index is 0.151. The highest BCUT2D eigenvalue weighted by atomic mass is 16.2. The van der Waals surface area contributed by atoms with Crippen LogP contribution in [0.3, 0.4) is 0 Å². The Morgan fingerprint density at radius 1 is 0.690 bits per heavy atom. The van der Waals surface area contributed by atoms with E-state index >= 15 is 0 Å². The molecule has 0 saturated carbocycles. The van der Waals surface area contributed by atoms with Crippen molar-refractivity contribution in [1.82, 2.24) is 20.6 Å². The van der Waals surface area contributed by atoms with Crippen molar-refractivity contribution in [3.8, 4) is 0 Å². The molecule has 4 rings (SSSR count). The van der Waals surface area contributed by atoms with Crippen LogP contribution in [0, 0.1) is 0 Å². The van der Waals surface area contributed by atoms with Gasteiger partial charge in [-0.1, -0.05) is 36.4 Å². The summed E-state index contributed by atoms with van der Waals surface area (Å²) in [5, 5.41) is 7.98. The van der Waals surface area contributed by atoms with Crippen molar-refractivity contribution >= 4 is 33.6 Å². The molecule has 2 aromatic heterocycles. The largest absolute Gasteiger partial charge is 0.361 e.